The van der Waals surface area contributed by atoms with Crippen molar-refractivity contribution in [1.29, 1.82) is 5.26 Å². The van der Waals surface area contributed by atoms with Gasteiger partial charge in [-0.1, -0.05) is 11.8 Å². The number of hydrogen-bond acceptors (Lipinski definition) is 4. The van der Waals surface area contributed by atoms with Crippen LogP contribution in [0.25, 0.3) is 0 Å². The largest absolute Gasteiger partial charge is 0.496 e. The molecule has 1 N–H and O–H groups in total. The summed E-state index contributed by atoms with van der Waals surface area (Å²) >= 11 is 1.29. The van der Waals surface area contributed by atoms with E-state index in [4.69, 9.17) is 10.00 Å². The van der Waals surface area contributed by atoms with Crippen molar-refractivity contribution in [1.82, 2.24) is 0 Å². The minimum atomic E-state index is -0.489. The molecular weight excluding hydrogens is 198 g/mol. The van der Waals surface area contributed by atoms with Gasteiger partial charge >= 0.3 is 0 Å². The van der Waals surface area contributed by atoms with Crippen LogP contribution in [0.5, 0.6) is 5.75 Å². The first kappa shape index (κ1) is 10.9. The zero-order valence-corrected chi connectivity index (χ0v) is 8.84. The van der Waals surface area contributed by atoms with E-state index in [1.165, 1.54) is 11.8 Å². The first-order chi connectivity index (χ1) is 6.67. The lowest BCUT2D eigenvalue weighted by Gasteiger charge is -2.09. The Bertz CT molecular complexity index is 358. The van der Waals surface area contributed by atoms with Gasteiger partial charge in [0, 0.05) is 0 Å². The van der Waals surface area contributed by atoms with Gasteiger partial charge in [-0.25, -0.2) is 0 Å². The fourth-order valence-electron chi connectivity index (χ4n) is 1.02. The van der Waals surface area contributed by atoms with E-state index >= 15 is 0 Å². The average molecular weight is 209 g/mol. The van der Waals surface area contributed by atoms with Crippen molar-refractivity contribution in [2.24, 2.45) is 0 Å². The third-order valence-electron chi connectivity index (χ3n) is 1.59. The van der Waals surface area contributed by atoms with E-state index in [-0.39, 0.29) is 0 Å². The highest BCUT2D eigenvalue weighted by atomic mass is 32.2. The minimum Gasteiger partial charge on any atom is -0.496 e. The molecule has 0 fully saturated rings. The monoisotopic (exact) mass is 209 g/mol. The Hall–Kier alpha value is -1.18. The van der Waals surface area contributed by atoms with E-state index < -0.39 is 5.44 Å². The molecule has 0 radical (unpaired) electrons. The molecule has 1 aromatic carbocycles. The molecule has 0 saturated carbocycles. The summed E-state index contributed by atoms with van der Waals surface area (Å²) in [6, 6.07) is 7.16. The Labute approximate surface area is 87.3 Å². The van der Waals surface area contributed by atoms with Crippen molar-refractivity contribution in [3.8, 4) is 11.8 Å². The molecule has 3 nitrogen and oxygen atoms in total. The molecule has 74 valence electrons. The highest BCUT2D eigenvalue weighted by Gasteiger charge is 2.07. The summed E-state index contributed by atoms with van der Waals surface area (Å²) in [7, 11) is 1.54. The minimum absolute atomic E-state index is 0.489. The Morgan fingerprint density at radius 2 is 2.29 bits per heavy atom. The van der Waals surface area contributed by atoms with Crippen LogP contribution in [0.1, 0.15) is 12.5 Å². The molecule has 0 bridgehead atoms. The first-order valence-corrected chi connectivity index (χ1v) is 4.98. The molecule has 0 aliphatic rings. The molecular formula is C10H11NO2S. The second-order valence-electron chi connectivity index (χ2n) is 2.69. The summed E-state index contributed by atoms with van der Waals surface area (Å²) in [6.45, 7) is 1.68. The van der Waals surface area contributed by atoms with E-state index in [0.717, 1.165) is 4.90 Å². The average Bonchev–Trinajstić information content (AvgIpc) is 2.17. The second kappa shape index (κ2) is 4.89. The maximum absolute atomic E-state index is 9.19. The van der Waals surface area contributed by atoms with Crippen LogP contribution in [0.3, 0.4) is 0 Å². The molecule has 1 aromatic rings. The van der Waals surface area contributed by atoms with Crippen molar-refractivity contribution < 1.29 is 9.84 Å². The SMILES string of the molecule is COc1cc(C#N)ccc1SC(C)O. The third-order valence-corrected chi connectivity index (χ3v) is 2.52. The van der Waals surface area contributed by atoms with Gasteiger partial charge in [-0.15, -0.1) is 0 Å². The van der Waals surface area contributed by atoms with Crippen molar-refractivity contribution >= 4 is 11.8 Å². The highest BCUT2D eigenvalue weighted by molar-refractivity contribution is 7.99. The normalized spacial score (nSPS) is 11.9. The Kier molecular flexibility index (Phi) is 3.81. The Morgan fingerprint density at radius 1 is 1.57 bits per heavy atom. The fraction of sp³-hybridized carbons (Fsp3) is 0.300. The topological polar surface area (TPSA) is 53.2 Å². The number of nitriles is 1. The summed E-state index contributed by atoms with van der Waals surface area (Å²) in [5, 5.41) is 17.9. The van der Waals surface area contributed by atoms with Crippen molar-refractivity contribution in [3.05, 3.63) is 23.8 Å². The van der Waals surface area contributed by atoms with Crippen LogP contribution in [0, 0.1) is 11.3 Å². The number of hydrogen-bond donors (Lipinski definition) is 1. The van der Waals surface area contributed by atoms with Crippen molar-refractivity contribution in [3.63, 3.8) is 0 Å². The van der Waals surface area contributed by atoms with Gasteiger partial charge in [-0.05, 0) is 25.1 Å². The standard InChI is InChI=1S/C10H11NO2S/c1-7(12)14-10-4-3-8(6-11)5-9(10)13-2/h3-5,7,12H,1-2H3. The van der Waals surface area contributed by atoms with Crippen molar-refractivity contribution in [2.45, 2.75) is 17.3 Å². The van der Waals surface area contributed by atoms with Crippen LogP contribution in [0.15, 0.2) is 23.1 Å². The van der Waals surface area contributed by atoms with Crippen LogP contribution < -0.4 is 4.74 Å². The molecule has 4 heteroatoms. The van der Waals surface area contributed by atoms with Gasteiger partial charge in [0.15, 0.2) is 0 Å². The fourth-order valence-corrected chi connectivity index (χ4v) is 1.79. The van der Waals surface area contributed by atoms with Gasteiger partial charge in [0.2, 0.25) is 0 Å². The van der Waals surface area contributed by atoms with Gasteiger partial charge in [0.05, 0.1) is 23.6 Å². The maximum Gasteiger partial charge on any atom is 0.133 e. The lowest BCUT2D eigenvalue weighted by molar-refractivity contribution is 0.283. The molecule has 0 heterocycles. The number of aliphatic hydroxyl groups is 1. The Morgan fingerprint density at radius 3 is 2.79 bits per heavy atom. The molecule has 0 aromatic heterocycles. The molecule has 0 aliphatic carbocycles. The lowest BCUT2D eigenvalue weighted by atomic mass is 10.2. The lowest BCUT2D eigenvalue weighted by Crippen LogP contribution is -1.94. The maximum atomic E-state index is 9.19. The summed E-state index contributed by atoms with van der Waals surface area (Å²) < 4.78 is 5.11. The van der Waals surface area contributed by atoms with E-state index in [9.17, 15) is 5.11 Å². The van der Waals surface area contributed by atoms with Crippen LogP contribution in [0.4, 0.5) is 0 Å². The zero-order valence-electron chi connectivity index (χ0n) is 8.02. The zero-order chi connectivity index (χ0) is 10.6. The summed E-state index contributed by atoms with van der Waals surface area (Å²) in [5.74, 6) is 0.620. The molecule has 1 rings (SSSR count). The predicted octanol–water partition coefficient (Wildman–Crippen LogP) is 2.00. The van der Waals surface area contributed by atoms with Gasteiger partial charge in [-0.3, -0.25) is 0 Å². The van der Waals surface area contributed by atoms with Crippen molar-refractivity contribution in [2.75, 3.05) is 7.11 Å². The number of thioether (sulfide) groups is 1. The number of nitrogens with zero attached hydrogens (tertiary/aromatic N) is 1. The quantitative estimate of drug-likeness (QED) is 0.611. The van der Waals surface area contributed by atoms with E-state index in [2.05, 4.69) is 0 Å². The van der Waals surface area contributed by atoms with Gasteiger partial charge in [-0.2, -0.15) is 5.26 Å². The van der Waals surface area contributed by atoms with Gasteiger partial charge in [0.1, 0.15) is 11.2 Å². The van der Waals surface area contributed by atoms with E-state index in [0.29, 0.717) is 11.3 Å². The van der Waals surface area contributed by atoms with E-state index in [1.807, 2.05) is 6.07 Å². The molecule has 14 heavy (non-hydrogen) atoms. The summed E-state index contributed by atoms with van der Waals surface area (Å²) in [6.07, 6.45) is 0. The second-order valence-corrected chi connectivity index (χ2v) is 4.05. The first-order valence-electron chi connectivity index (χ1n) is 4.10. The van der Waals surface area contributed by atoms with Gasteiger partial charge < -0.3 is 9.84 Å². The number of benzene rings is 1. The van der Waals surface area contributed by atoms with E-state index in [1.54, 1.807) is 32.2 Å². The molecule has 0 amide bonds. The van der Waals surface area contributed by atoms with Gasteiger partial charge in [0.25, 0.3) is 0 Å². The highest BCUT2D eigenvalue weighted by Crippen LogP contribution is 2.31. The summed E-state index contributed by atoms with van der Waals surface area (Å²) in [5.41, 5.74) is 0.0635. The predicted molar refractivity (Wildman–Crippen MR) is 55.2 cm³/mol. The molecule has 1 unspecified atom stereocenters. The van der Waals surface area contributed by atoms with Crippen LogP contribution >= 0.6 is 11.8 Å². The number of rotatable bonds is 3. The number of ether oxygens (including phenoxy) is 1. The molecule has 0 spiro atoms. The Balaban J connectivity index is 3.00. The van der Waals surface area contributed by atoms with Crippen LogP contribution in [0.2, 0.25) is 0 Å². The third kappa shape index (κ3) is 2.66. The number of methoxy groups -OCH3 is 1. The molecule has 0 saturated heterocycles. The smallest absolute Gasteiger partial charge is 0.133 e. The summed E-state index contributed by atoms with van der Waals surface area (Å²) in [4.78, 5) is 0.835. The molecule has 0 aliphatic heterocycles. The molecule has 1 atom stereocenters. The van der Waals surface area contributed by atoms with Crippen LogP contribution in [-0.2, 0) is 0 Å². The number of aliphatic hydroxyl groups excluding tert-OH is 1. The van der Waals surface area contributed by atoms with Crippen LogP contribution in [-0.4, -0.2) is 17.7 Å².